The smallest absolute Gasteiger partial charge is 0.275 e. The van der Waals surface area contributed by atoms with Gasteiger partial charge in [-0.1, -0.05) is 103 Å². The SMILES string of the molecule is CCCCCCCCCCCCCCCCCC[N+](C)(C)CC(=O)NCCCCCC[N+](C)(C)C.[Cl-].[Cl-]. The number of carbonyl (C=O) groups excluding carboxylic acids is 1. The third-order valence-corrected chi connectivity index (χ3v) is 7.27. The molecule has 0 saturated heterocycles. The van der Waals surface area contributed by atoms with E-state index in [2.05, 4.69) is 47.5 Å². The molecule has 0 fully saturated rings. The average Bonchev–Trinajstić information content (AvgIpc) is 2.77. The summed E-state index contributed by atoms with van der Waals surface area (Å²) in [5, 5.41) is 3.14. The highest BCUT2D eigenvalue weighted by Gasteiger charge is 2.19. The zero-order valence-corrected chi connectivity index (χ0v) is 27.5. The molecular weight excluding hydrogens is 501 g/mol. The highest BCUT2D eigenvalue weighted by atomic mass is 35.5. The van der Waals surface area contributed by atoms with Gasteiger partial charge in [-0.05, 0) is 32.1 Å². The molecule has 0 rings (SSSR count). The first-order valence-electron chi connectivity index (χ1n) is 15.6. The Morgan fingerprint density at radius 1 is 0.514 bits per heavy atom. The molecule has 0 aliphatic carbocycles. The summed E-state index contributed by atoms with van der Waals surface area (Å²) in [6.07, 6.45) is 27.4. The third kappa shape index (κ3) is 33.9. The maximum Gasteiger partial charge on any atom is 0.275 e. The molecule has 37 heavy (non-hydrogen) atoms. The van der Waals surface area contributed by atoms with Crippen LogP contribution >= 0.6 is 0 Å². The van der Waals surface area contributed by atoms with Crippen LogP contribution in [-0.4, -0.2) is 76.3 Å². The van der Waals surface area contributed by atoms with Crippen LogP contribution < -0.4 is 30.1 Å². The largest absolute Gasteiger partial charge is 1.00 e. The fourth-order valence-electron chi connectivity index (χ4n) is 4.90. The molecular formula is C31H67Cl2N3O. The summed E-state index contributed by atoms with van der Waals surface area (Å²) in [7, 11) is 11.2. The molecule has 226 valence electrons. The summed E-state index contributed by atoms with van der Waals surface area (Å²) in [4.78, 5) is 12.3. The number of unbranched alkanes of at least 4 members (excludes halogenated alkanes) is 18. The summed E-state index contributed by atoms with van der Waals surface area (Å²) < 4.78 is 1.86. The second-order valence-electron chi connectivity index (χ2n) is 12.9. The van der Waals surface area contributed by atoms with Crippen molar-refractivity contribution in [3.8, 4) is 0 Å². The van der Waals surface area contributed by atoms with Crippen LogP contribution in [0.15, 0.2) is 0 Å². The van der Waals surface area contributed by atoms with Gasteiger partial charge in [-0.15, -0.1) is 0 Å². The fourth-order valence-corrected chi connectivity index (χ4v) is 4.90. The minimum Gasteiger partial charge on any atom is -1.00 e. The molecule has 0 bridgehead atoms. The van der Waals surface area contributed by atoms with E-state index in [9.17, 15) is 4.79 Å². The van der Waals surface area contributed by atoms with Gasteiger partial charge in [0.15, 0.2) is 6.54 Å². The first-order valence-corrected chi connectivity index (χ1v) is 15.6. The number of nitrogens with one attached hydrogen (secondary N) is 1. The van der Waals surface area contributed by atoms with Gasteiger partial charge in [-0.2, -0.15) is 0 Å². The van der Waals surface area contributed by atoms with Crippen LogP contribution in [0.1, 0.15) is 135 Å². The molecule has 0 spiro atoms. The number of nitrogens with zero attached hydrogens (tertiary/aromatic N) is 2. The number of hydrogen-bond acceptors (Lipinski definition) is 1. The van der Waals surface area contributed by atoms with Gasteiger partial charge in [0.25, 0.3) is 5.91 Å². The molecule has 0 radical (unpaired) electrons. The molecule has 1 N–H and O–H groups in total. The zero-order chi connectivity index (χ0) is 26.3. The topological polar surface area (TPSA) is 29.1 Å². The minimum absolute atomic E-state index is 0. The van der Waals surface area contributed by atoms with Crippen LogP contribution in [0.25, 0.3) is 0 Å². The molecule has 0 aliphatic rings. The molecule has 0 atom stereocenters. The number of carbonyl (C=O) groups is 1. The van der Waals surface area contributed by atoms with Gasteiger partial charge in [-0.3, -0.25) is 4.79 Å². The molecule has 0 aromatic heterocycles. The van der Waals surface area contributed by atoms with Gasteiger partial charge in [0.05, 0.1) is 48.3 Å². The Bertz CT molecular complexity index is 482. The van der Waals surface area contributed by atoms with E-state index in [1.54, 1.807) is 0 Å². The Balaban J connectivity index is -0.00000578. The van der Waals surface area contributed by atoms with Crippen LogP contribution in [0.5, 0.6) is 0 Å². The second kappa shape index (κ2) is 27.5. The lowest BCUT2D eigenvalue weighted by molar-refractivity contribution is -0.882. The molecule has 1 amide bonds. The van der Waals surface area contributed by atoms with Crippen molar-refractivity contribution in [3.63, 3.8) is 0 Å². The van der Waals surface area contributed by atoms with Crippen LogP contribution in [0.3, 0.4) is 0 Å². The van der Waals surface area contributed by atoms with Crippen LogP contribution in [-0.2, 0) is 4.79 Å². The summed E-state index contributed by atoms with van der Waals surface area (Å²) in [6, 6.07) is 0. The van der Waals surface area contributed by atoms with E-state index in [-0.39, 0.29) is 30.7 Å². The van der Waals surface area contributed by atoms with Crippen molar-refractivity contribution in [2.75, 3.05) is 61.4 Å². The summed E-state index contributed by atoms with van der Waals surface area (Å²) in [5.74, 6) is 0.220. The molecule has 0 aromatic carbocycles. The second-order valence-corrected chi connectivity index (χ2v) is 12.9. The lowest BCUT2D eigenvalue weighted by Gasteiger charge is -2.29. The van der Waals surface area contributed by atoms with Crippen LogP contribution in [0, 0.1) is 0 Å². The van der Waals surface area contributed by atoms with Crippen molar-refractivity contribution >= 4 is 5.91 Å². The average molecular weight is 569 g/mol. The van der Waals surface area contributed by atoms with Gasteiger partial charge in [0.1, 0.15) is 0 Å². The predicted octanol–water partition coefficient (Wildman–Crippen LogP) is 1.72. The fraction of sp³-hybridized carbons (Fsp3) is 0.968. The lowest BCUT2D eigenvalue weighted by atomic mass is 10.0. The van der Waals surface area contributed by atoms with E-state index in [1.165, 1.54) is 129 Å². The molecule has 0 aliphatic heterocycles. The molecule has 0 aromatic rings. The monoisotopic (exact) mass is 567 g/mol. The van der Waals surface area contributed by atoms with E-state index in [0.717, 1.165) is 28.5 Å². The van der Waals surface area contributed by atoms with Gasteiger partial charge in [0, 0.05) is 6.54 Å². The number of quaternary nitrogens is 2. The van der Waals surface area contributed by atoms with E-state index in [4.69, 9.17) is 0 Å². The van der Waals surface area contributed by atoms with Crippen LogP contribution in [0.2, 0.25) is 0 Å². The molecule has 6 heteroatoms. The first kappa shape index (κ1) is 41.5. The lowest BCUT2D eigenvalue weighted by Crippen LogP contribution is -3.00. The van der Waals surface area contributed by atoms with Crippen molar-refractivity contribution < 1.29 is 38.6 Å². The number of hydrogen-bond donors (Lipinski definition) is 1. The van der Waals surface area contributed by atoms with Crippen molar-refractivity contribution in [2.24, 2.45) is 0 Å². The normalized spacial score (nSPS) is 11.6. The van der Waals surface area contributed by atoms with Gasteiger partial charge in [-0.25, -0.2) is 0 Å². The summed E-state index contributed by atoms with van der Waals surface area (Å²) in [5.41, 5.74) is 0. The highest BCUT2D eigenvalue weighted by molar-refractivity contribution is 5.76. The summed E-state index contributed by atoms with van der Waals surface area (Å²) >= 11 is 0. The maximum absolute atomic E-state index is 12.3. The highest BCUT2D eigenvalue weighted by Crippen LogP contribution is 2.14. The number of likely N-dealkylation sites (N-methyl/N-ethyl adjacent to an activating group) is 1. The van der Waals surface area contributed by atoms with Gasteiger partial charge < -0.3 is 39.1 Å². The van der Waals surface area contributed by atoms with Gasteiger partial charge >= 0.3 is 0 Å². The molecule has 4 nitrogen and oxygen atoms in total. The molecule has 0 heterocycles. The van der Waals surface area contributed by atoms with E-state index >= 15 is 0 Å². The quantitative estimate of drug-likeness (QED) is 0.125. The van der Waals surface area contributed by atoms with Crippen molar-refractivity contribution in [2.45, 2.75) is 135 Å². The van der Waals surface area contributed by atoms with Crippen molar-refractivity contribution in [1.82, 2.24) is 5.32 Å². The minimum atomic E-state index is 0. The Labute approximate surface area is 246 Å². The Morgan fingerprint density at radius 2 is 0.865 bits per heavy atom. The third-order valence-electron chi connectivity index (χ3n) is 7.27. The Hall–Kier alpha value is -0.0300. The first-order chi connectivity index (χ1) is 16.7. The molecule has 0 unspecified atom stereocenters. The number of rotatable bonds is 26. The van der Waals surface area contributed by atoms with E-state index < -0.39 is 0 Å². The number of halogens is 2. The Kier molecular flexibility index (Phi) is 30.8. The van der Waals surface area contributed by atoms with E-state index in [0.29, 0.717) is 6.54 Å². The van der Waals surface area contributed by atoms with Crippen LogP contribution in [0.4, 0.5) is 0 Å². The van der Waals surface area contributed by atoms with E-state index in [1.807, 2.05) is 0 Å². The summed E-state index contributed by atoms with van der Waals surface area (Å²) in [6.45, 7) is 6.08. The Morgan fingerprint density at radius 3 is 1.27 bits per heavy atom. The zero-order valence-electron chi connectivity index (χ0n) is 26.0. The van der Waals surface area contributed by atoms with Crippen molar-refractivity contribution in [1.29, 1.82) is 0 Å². The standard InChI is InChI=1S/C31H66N3O.2ClH/c1-7-8-9-10-11-12-13-14-15-16-17-18-19-20-22-26-29-34(5,6)30-31(35)32-27-24-21-23-25-28-33(2,3)4;;/h7-30H2,1-6H3;2*1H/q+1;;/p-1. The predicted molar refractivity (Wildman–Crippen MR) is 156 cm³/mol. The molecule has 0 saturated carbocycles. The maximum atomic E-state index is 12.3. The van der Waals surface area contributed by atoms with Gasteiger partial charge in [0.2, 0.25) is 0 Å². The van der Waals surface area contributed by atoms with Crippen molar-refractivity contribution in [3.05, 3.63) is 0 Å². The number of amides is 1.